The summed E-state index contributed by atoms with van der Waals surface area (Å²) in [5, 5.41) is 5.07. The molecule has 1 aliphatic carbocycles. The zero-order valence-electron chi connectivity index (χ0n) is 16.6. The van der Waals surface area contributed by atoms with Gasteiger partial charge in [0.05, 0.1) is 0 Å². The number of nitrogens with zero attached hydrogens (tertiary/aromatic N) is 1. The van der Waals surface area contributed by atoms with E-state index in [4.69, 9.17) is 4.74 Å². The Morgan fingerprint density at radius 1 is 1.25 bits per heavy atom. The SMILES string of the molecule is CNC(=O)C(NC(=O)c1cc(O[C@@](C)(F)C(F)F)c(C2CC2)cn1)C(C)(C)C. The van der Waals surface area contributed by atoms with Crippen LogP contribution in [0.3, 0.4) is 0 Å². The molecule has 2 atom stereocenters. The Morgan fingerprint density at radius 3 is 2.32 bits per heavy atom. The zero-order valence-corrected chi connectivity index (χ0v) is 16.6. The number of amides is 2. The highest BCUT2D eigenvalue weighted by atomic mass is 19.3. The summed E-state index contributed by atoms with van der Waals surface area (Å²) < 4.78 is 44.8. The van der Waals surface area contributed by atoms with E-state index in [1.54, 1.807) is 20.8 Å². The molecular formula is C19H26F3N3O3. The number of alkyl halides is 3. The molecule has 6 nitrogen and oxygen atoms in total. The van der Waals surface area contributed by atoms with Crippen molar-refractivity contribution in [3.63, 3.8) is 0 Å². The highest BCUT2D eigenvalue weighted by Crippen LogP contribution is 2.45. The van der Waals surface area contributed by atoms with E-state index in [0.717, 1.165) is 18.9 Å². The number of hydrogen-bond donors (Lipinski definition) is 2. The van der Waals surface area contributed by atoms with E-state index >= 15 is 0 Å². The zero-order chi connectivity index (χ0) is 21.3. The van der Waals surface area contributed by atoms with Crippen LogP contribution in [0.4, 0.5) is 13.2 Å². The van der Waals surface area contributed by atoms with E-state index in [9.17, 15) is 22.8 Å². The van der Waals surface area contributed by atoms with Crippen LogP contribution in [0.5, 0.6) is 5.75 Å². The van der Waals surface area contributed by atoms with Gasteiger partial charge in [-0.2, -0.15) is 4.39 Å². The van der Waals surface area contributed by atoms with Gasteiger partial charge in [-0.1, -0.05) is 20.8 Å². The molecule has 0 radical (unpaired) electrons. The molecule has 1 aromatic heterocycles. The van der Waals surface area contributed by atoms with Crippen molar-refractivity contribution >= 4 is 11.8 Å². The van der Waals surface area contributed by atoms with Crippen LogP contribution in [0.2, 0.25) is 0 Å². The first-order valence-corrected chi connectivity index (χ1v) is 9.05. The summed E-state index contributed by atoms with van der Waals surface area (Å²) in [6, 6.07) is 0.291. The van der Waals surface area contributed by atoms with Gasteiger partial charge in [-0.05, 0) is 24.2 Å². The molecule has 0 saturated heterocycles. The summed E-state index contributed by atoms with van der Waals surface area (Å²) in [6.45, 7) is 5.98. The number of aromatic nitrogens is 1. The predicted octanol–water partition coefficient (Wildman–Crippen LogP) is 3.18. The van der Waals surface area contributed by atoms with Gasteiger partial charge in [-0.25, -0.2) is 8.78 Å². The van der Waals surface area contributed by atoms with Crippen LogP contribution < -0.4 is 15.4 Å². The molecule has 2 amide bonds. The van der Waals surface area contributed by atoms with E-state index in [0.29, 0.717) is 12.5 Å². The first-order chi connectivity index (χ1) is 12.9. The fourth-order valence-electron chi connectivity index (χ4n) is 2.65. The molecular weight excluding hydrogens is 375 g/mol. The maximum atomic E-state index is 14.1. The Bertz CT molecular complexity index is 744. The van der Waals surface area contributed by atoms with Gasteiger partial charge in [0, 0.05) is 31.8 Å². The number of likely N-dealkylation sites (N-methyl/N-ethyl adjacent to an activating group) is 1. The van der Waals surface area contributed by atoms with Gasteiger partial charge in [0.2, 0.25) is 5.91 Å². The molecule has 0 bridgehead atoms. The van der Waals surface area contributed by atoms with Crippen LogP contribution in [0.1, 0.15) is 62.5 Å². The van der Waals surface area contributed by atoms with Gasteiger partial charge in [0.1, 0.15) is 17.5 Å². The predicted molar refractivity (Wildman–Crippen MR) is 97.1 cm³/mol. The summed E-state index contributed by atoms with van der Waals surface area (Å²) >= 11 is 0. The van der Waals surface area contributed by atoms with Crippen molar-refractivity contribution in [3.05, 3.63) is 23.5 Å². The monoisotopic (exact) mass is 401 g/mol. The number of carbonyl (C=O) groups excluding carboxylic acids is 2. The quantitative estimate of drug-likeness (QED) is 0.736. The highest BCUT2D eigenvalue weighted by molar-refractivity contribution is 5.96. The number of ether oxygens (including phenoxy) is 1. The molecule has 28 heavy (non-hydrogen) atoms. The number of pyridine rings is 1. The van der Waals surface area contributed by atoms with E-state index in [1.165, 1.54) is 13.2 Å². The molecule has 0 spiro atoms. The third-order valence-electron chi connectivity index (χ3n) is 4.49. The third kappa shape index (κ3) is 5.14. The van der Waals surface area contributed by atoms with Crippen LogP contribution in [0.15, 0.2) is 12.3 Å². The molecule has 2 N–H and O–H groups in total. The molecule has 1 aliphatic rings. The number of halogens is 3. The van der Waals surface area contributed by atoms with Gasteiger partial charge in [0.15, 0.2) is 0 Å². The van der Waals surface area contributed by atoms with Crippen molar-refractivity contribution in [2.24, 2.45) is 5.41 Å². The minimum Gasteiger partial charge on any atom is -0.452 e. The van der Waals surface area contributed by atoms with Crippen LogP contribution in [0, 0.1) is 5.41 Å². The lowest BCUT2D eigenvalue weighted by molar-refractivity contribution is -0.153. The lowest BCUT2D eigenvalue weighted by atomic mass is 9.86. The van der Waals surface area contributed by atoms with Crippen molar-refractivity contribution < 1.29 is 27.5 Å². The molecule has 2 rings (SSSR count). The Morgan fingerprint density at radius 2 is 1.86 bits per heavy atom. The van der Waals surface area contributed by atoms with Gasteiger partial charge in [-0.3, -0.25) is 14.6 Å². The maximum absolute atomic E-state index is 14.1. The molecule has 1 aromatic rings. The maximum Gasteiger partial charge on any atom is 0.306 e. The Labute approximate surface area is 162 Å². The first kappa shape index (κ1) is 22.0. The van der Waals surface area contributed by atoms with E-state index in [2.05, 4.69) is 15.6 Å². The number of hydrogen-bond acceptors (Lipinski definition) is 4. The fourth-order valence-corrected chi connectivity index (χ4v) is 2.65. The summed E-state index contributed by atoms with van der Waals surface area (Å²) in [7, 11) is 1.45. The van der Waals surface area contributed by atoms with Crippen molar-refractivity contribution in [1.82, 2.24) is 15.6 Å². The number of carbonyl (C=O) groups is 2. The third-order valence-corrected chi connectivity index (χ3v) is 4.49. The molecule has 1 heterocycles. The summed E-state index contributed by atoms with van der Waals surface area (Å²) in [5.41, 5.74) is -0.252. The van der Waals surface area contributed by atoms with Crippen molar-refractivity contribution in [2.45, 2.75) is 64.8 Å². The van der Waals surface area contributed by atoms with Crippen molar-refractivity contribution in [2.75, 3.05) is 7.05 Å². The van der Waals surface area contributed by atoms with Crippen LogP contribution in [-0.4, -0.2) is 42.2 Å². The topological polar surface area (TPSA) is 80.3 Å². The summed E-state index contributed by atoms with van der Waals surface area (Å²) in [6.07, 6.45) is -0.396. The van der Waals surface area contributed by atoms with Gasteiger partial charge in [-0.15, -0.1) is 0 Å². The summed E-state index contributed by atoms with van der Waals surface area (Å²) in [5.74, 6) is -4.37. The lowest BCUT2D eigenvalue weighted by Gasteiger charge is -2.29. The van der Waals surface area contributed by atoms with Crippen LogP contribution in [0.25, 0.3) is 0 Å². The largest absolute Gasteiger partial charge is 0.452 e. The van der Waals surface area contributed by atoms with Gasteiger partial charge >= 0.3 is 12.3 Å². The van der Waals surface area contributed by atoms with Crippen molar-refractivity contribution in [3.8, 4) is 5.75 Å². The Hall–Kier alpha value is -2.32. The highest BCUT2D eigenvalue weighted by Gasteiger charge is 2.40. The first-order valence-electron chi connectivity index (χ1n) is 9.05. The molecule has 156 valence electrons. The van der Waals surface area contributed by atoms with E-state index in [1.807, 2.05) is 0 Å². The van der Waals surface area contributed by atoms with Gasteiger partial charge in [0.25, 0.3) is 5.91 Å². The molecule has 9 heteroatoms. The molecule has 0 aliphatic heterocycles. The number of nitrogens with one attached hydrogen (secondary N) is 2. The average molecular weight is 401 g/mol. The Balaban J connectivity index is 2.31. The molecule has 1 fully saturated rings. The fraction of sp³-hybridized carbons (Fsp3) is 0.632. The second-order valence-corrected chi connectivity index (χ2v) is 8.16. The average Bonchev–Trinajstić information content (AvgIpc) is 3.42. The second kappa shape index (κ2) is 7.97. The normalized spacial score (nSPS) is 17.6. The minimum atomic E-state index is -3.36. The molecule has 1 saturated carbocycles. The minimum absolute atomic E-state index is 0.0428. The standard InChI is InChI=1S/C19H26F3N3O3/c1-18(2,3)14(16(27)23-5)25-15(26)12-8-13(28-19(4,22)17(20)21)11(9-24-12)10-6-7-10/h8-10,14,17H,6-7H2,1-5H3,(H,23,27)(H,25,26)/t14?,19-/m1/s1. The molecule has 0 aromatic carbocycles. The van der Waals surface area contributed by atoms with E-state index < -0.39 is 29.6 Å². The lowest BCUT2D eigenvalue weighted by Crippen LogP contribution is -2.53. The summed E-state index contributed by atoms with van der Waals surface area (Å²) in [4.78, 5) is 28.8. The number of rotatable bonds is 7. The molecule has 1 unspecified atom stereocenters. The Kier molecular flexibility index (Phi) is 6.25. The van der Waals surface area contributed by atoms with Crippen LogP contribution >= 0.6 is 0 Å². The second-order valence-electron chi connectivity index (χ2n) is 8.16. The van der Waals surface area contributed by atoms with Crippen molar-refractivity contribution in [1.29, 1.82) is 0 Å². The van der Waals surface area contributed by atoms with Gasteiger partial charge < -0.3 is 15.4 Å². The van der Waals surface area contributed by atoms with Crippen LogP contribution in [-0.2, 0) is 4.79 Å². The van der Waals surface area contributed by atoms with E-state index in [-0.39, 0.29) is 23.3 Å². The smallest absolute Gasteiger partial charge is 0.306 e.